The molecule has 0 atom stereocenters. The summed E-state index contributed by atoms with van der Waals surface area (Å²) in [5, 5.41) is 3.34. The van der Waals surface area contributed by atoms with E-state index in [2.05, 4.69) is 30.0 Å². The van der Waals surface area contributed by atoms with Crippen molar-refractivity contribution in [1.82, 2.24) is 5.32 Å². The Labute approximate surface area is 179 Å². The quantitative estimate of drug-likeness (QED) is 0.213. The Bertz CT molecular complexity index is 595. The van der Waals surface area contributed by atoms with Crippen LogP contribution >= 0.6 is 35.3 Å². The van der Waals surface area contributed by atoms with Gasteiger partial charge in [0.05, 0.1) is 12.9 Å². The molecule has 0 aromatic heterocycles. The van der Waals surface area contributed by atoms with Crippen molar-refractivity contribution in [3.05, 3.63) is 34.6 Å². The van der Waals surface area contributed by atoms with Crippen molar-refractivity contribution < 1.29 is 4.79 Å². The van der Waals surface area contributed by atoms with Crippen LogP contribution in [0.5, 0.6) is 0 Å². The summed E-state index contributed by atoms with van der Waals surface area (Å²) in [5.41, 5.74) is 4.82. The van der Waals surface area contributed by atoms with Crippen molar-refractivity contribution in [1.29, 1.82) is 0 Å². The molecule has 0 rings (SSSR count). The minimum Gasteiger partial charge on any atom is -0.394 e. The van der Waals surface area contributed by atoms with Crippen LogP contribution in [0.4, 0.5) is 0 Å². The number of allylic oxidation sites excluding steroid dienone is 2. The number of nitrogens with zero attached hydrogens (tertiary/aromatic N) is 1. The molecule has 0 spiro atoms. The first-order valence-corrected chi connectivity index (χ1v) is 11.4. The monoisotopic (exact) mass is 425 g/mol. The van der Waals surface area contributed by atoms with Gasteiger partial charge in [-0.1, -0.05) is 76.3 Å². The van der Waals surface area contributed by atoms with Crippen molar-refractivity contribution in [3.8, 4) is 0 Å². The second-order valence-corrected chi connectivity index (χ2v) is 10.9. The summed E-state index contributed by atoms with van der Waals surface area (Å²) in [7, 11) is 7.78. The highest BCUT2D eigenvalue weighted by Crippen LogP contribution is 2.42. The lowest BCUT2D eigenvalue weighted by Gasteiger charge is -2.37. The number of thioether (sulfide) groups is 3. The summed E-state index contributed by atoms with van der Waals surface area (Å²) in [4.78, 5) is 18.7. The number of carbonyl (C=O) groups excluding carboxylic acids is 1. The Kier molecular flexibility index (Phi) is 11.6. The van der Waals surface area contributed by atoms with E-state index in [0.717, 1.165) is 34.2 Å². The molecular weight excluding hydrogens is 393 g/mol. The van der Waals surface area contributed by atoms with Gasteiger partial charge in [-0.25, -0.2) is 0 Å². The van der Waals surface area contributed by atoms with Gasteiger partial charge >= 0.3 is 0 Å². The van der Waals surface area contributed by atoms with E-state index in [1.54, 1.807) is 7.05 Å². The third-order valence-electron chi connectivity index (χ3n) is 4.17. The Morgan fingerprint density at radius 2 is 1.56 bits per heavy atom. The van der Waals surface area contributed by atoms with Gasteiger partial charge in [-0.15, -0.1) is 0 Å². The Morgan fingerprint density at radius 3 is 1.96 bits per heavy atom. The third-order valence-corrected chi connectivity index (χ3v) is 6.88. The highest BCUT2D eigenvalue weighted by atomic mass is 32.2. The Hall–Kier alpha value is -0.725. The molecule has 0 aromatic carbocycles. The fourth-order valence-corrected chi connectivity index (χ4v) is 4.10. The molecule has 8 heteroatoms. The molecule has 0 unspecified atom stereocenters. The zero-order valence-corrected chi connectivity index (χ0v) is 19.6. The van der Waals surface area contributed by atoms with Gasteiger partial charge in [0, 0.05) is 12.5 Å². The van der Waals surface area contributed by atoms with Crippen LogP contribution in [-0.4, -0.2) is 37.5 Å². The maximum Gasteiger partial charge on any atom is 0.231 e. The highest BCUT2D eigenvalue weighted by Gasteiger charge is 2.39. The zero-order chi connectivity index (χ0) is 21.3. The summed E-state index contributed by atoms with van der Waals surface area (Å²) < 4.78 is 0. The molecule has 0 heterocycles. The molecule has 0 aliphatic heterocycles. The maximum atomic E-state index is 12.6. The Balaban J connectivity index is 4.30. The number of nitrogens with one attached hydrogen (secondary N) is 1. The second-order valence-electron chi connectivity index (χ2n) is 7.19. The van der Waals surface area contributed by atoms with E-state index in [0.29, 0.717) is 10.2 Å². The second kappa shape index (κ2) is 12.0. The van der Waals surface area contributed by atoms with Crippen LogP contribution in [0.2, 0.25) is 5.31 Å². The van der Waals surface area contributed by atoms with E-state index in [4.69, 9.17) is 13.6 Å². The van der Waals surface area contributed by atoms with Crippen LogP contribution in [0.25, 0.3) is 0 Å². The van der Waals surface area contributed by atoms with Gasteiger partial charge in [-0.3, -0.25) is 9.79 Å². The van der Waals surface area contributed by atoms with E-state index in [1.165, 1.54) is 23.5 Å². The lowest BCUT2D eigenvalue weighted by Crippen LogP contribution is -2.45. The van der Waals surface area contributed by atoms with Crippen molar-refractivity contribution in [3.63, 3.8) is 0 Å². The van der Waals surface area contributed by atoms with E-state index in [-0.39, 0.29) is 5.91 Å². The number of hydrogen-bond donors (Lipinski definition) is 2. The first kappa shape index (κ1) is 26.3. The van der Waals surface area contributed by atoms with Crippen LogP contribution in [0.1, 0.15) is 40.5 Å². The minimum atomic E-state index is -0.726. The van der Waals surface area contributed by atoms with Crippen LogP contribution in [0, 0.1) is 5.41 Å². The summed E-state index contributed by atoms with van der Waals surface area (Å²) >= 11 is 4.65. The molecule has 0 aliphatic rings. The molecule has 4 nitrogen and oxygen atoms in total. The fraction of sp³-hybridized carbons (Fsp3) is 0.579. The third kappa shape index (κ3) is 10.4. The smallest absolute Gasteiger partial charge is 0.231 e. The summed E-state index contributed by atoms with van der Waals surface area (Å²) in [5.74, 6) is 1.77. The summed E-state index contributed by atoms with van der Waals surface area (Å²) in [6, 6.07) is 0. The number of nitrogens with two attached hydrogens (primary N) is 1. The largest absolute Gasteiger partial charge is 0.394 e. The van der Waals surface area contributed by atoms with Gasteiger partial charge < -0.3 is 11.1 Å². The lowest BCUT2D eigenvalue weighted by molar-refractivity contribution is -0.129. The summed E-state index contributed by atoms with van der Waals surface area (Å²) in [6.07, 6.45) is 1.73. The molecule has 0 fully saturated rings. The van der Waals surface area contributed by atoms with Gasteiger partial charge in [0.2, 0.25) is 5.91 Å². The number of hydrogen-bond acceptors (Lipinski definition) is 6. The average Bonchev–Trinajstić information content (AvgIpc) is 2.51. The summed E-state index contributed by atoms with van der Waals surface area (Å²) in [6.45, 7) is 19.0. The first-order chi connectivity index (χ1) is 12.3. The lowest BCUT2D eigenvalue weighted by atomic mass is 9.55. The normalized spacial score (nSPS) is 12.6. The van der Waals surface area contributed by atoms with Gasteiger partial charge in [-0.2, -0.15) is 11.8 Å². The van der Waals surface area contributed by atoms with Crippen molar-refractivity contribution in [2.24, 2.45) is 16.1 Å². The van der Waals surface area contributed by atoms with E-state index in [1.807, 2.05) is 39.5 Å². The first-order valence-electron chi connectivity index (χ1n) is 8.61. The molecule has 3 N–H and O–H groups in total. The van der Waals surface area contributed by atoms with Crippen molar-refractivity contribution in [2.75, 3.05) is 18.6 Å². The number of amides is 1. The number of rotatable bonds is 11. The van der Waals surface area contributed by atoms with E-state index in [9.17, 15) is 4.79 Å². The van der Waals surface area contributed by atoms with Crippen LogP contribution in [0.15, 0.2) is 39.6 Å². The molecule has 27 heavy (non-hydrogen) atoms. The van der Waals surface area contributed by atoms with E-state index >= 15 is 0 Å². The molecule has 0 aliphatic carbocycles. The SMILES string of the molecule is [B]C(C)(C)C(C)(C)C(=O)NC(=NC)SC(=C)CCSCCC(=C)SC(=C)N. The molecule has 0 saturated heterocycles. The van der Waals surface area contributed by atoms with Crippen molar-refractivity contribution in [2.45, 2.75) is 45.9 Å². The number of carbonyl (C=O) groups is 1. The van der Waals surface area contributed by atoms with Crippen LogP contribution in [0.3, 0.4) is 0 Å². The molecule has 0 aromatic rings. The van der Waals surface area contributed by atoms with Crippen molar-refractivity contribution >= 4 is 54.2 Å². The standard InChI is InChI=1S/C19H32BN3OS3/c1-13(26-15(3)21)9-11-25-12-10-14(2)27-17(22-8)23-16(24)18(4,5)19(6,7)20/h1-3,9-12,21H2,4-8H3,(H,22,23,24). The van der Waals surface area contributed by atoms with Gasteiger partial charge in [0.25, 0.3) is 0 Å². The molecule has 2 radical (unpaired) electrons. The predicted molar refractivity (Wildman–Crippen MR) is 128 cm³/mol. The number of aliphatic imine (C=N–C) groups is 1. The topological polar surface area (TPSA) is 67.5 Å². The highest BCUT2D eigenvalue weighted by molar-refractivity contribution is 8.17. The predicted octanol–water partition coefficient (Wildman–Crippen LogP) is 4.92. The molecule has 0 saturated carbocycles. The fourth-order valence-electron chi connectivity index (χ4n) is 1.57. The molecular formula is C19H32BN3OS3. The minimum absolute atomic E-state index is 0.150. The Morgan fingerprint density at radius 1 is 1.07 bits per heavy atom. The van der Waals surface area contributed by atoms with Gasteiger partial charge in [0.1, 0.15) is 0 Å². The molecule has 150 valence electrons. The van der Waals surface area contributed by atoms with Gasteiger partial charge in [0.15, 0.2) is 5.17 Å². The molecule has 1 amide bonds. The van der Waals surface area contributed by atoms with Gasteiger partial charge in [-0.05, 0) is 34.2 Å². The van der Waals surface area contributed by atoms with Crippen LogP contribution < -0.4 is 11.1 Å². The van der Waals surface area contributed by atoms with E-state index < -0.39 is 10.7 Å². The average molecular weight is 425 g/mol. The van der Waals surface area contributed by atoms with Crippen LogP contribution in [-0.2, 0) is 4.79 Å². The number of amidine groups is 1. The molecule has 0 bridgehead atoms. The maximum absolute atomic E-state index is 12.6. The zero-order valence-electron chi connectivity index (χ0n) is 17.2.